The molecule has 0 aliphatic carbocycles. The predicted octanol–water partition coefficient (Wildman–Crippen LogP) is 2.57. The molecular weight excluding hydrogens is 408 g/mol. The van der Waals surface area contributed by atoms with Crippen LogP contribution in [0.25, 0.3) is 0 Å². The molecule has 1 fully saturated rings. The molecule has 2 aliphatic heterocycles. The van der Waals surface area contributed by atoms with E-state index in [1.54, 1.807) is 37.3 Å². The van der Waals surface area contributed by atoms with Crippen LogP contribution in [0.5, 0.6) is 17.2 Å². The van der Waals surface area contributed by atoms with Crippen molar-refractivity contribution in [1.82, 2.24) is 4.31 Å². The van der Waals surface area contributed by atoms with Crippen LogP contribution in [0.3, 0.4) is 0 Å². The van der Waals surface area contributed by atoms with Gasteiger partial charge < -0.3 is 19.5 Å². The van der Waals surface area contributed by atoms with E-state index in [0.29, 0.717) is 54.6 Å². The third kappa shape index (κ3) is 3.82. The molecule has 9 heteroatoms. The molecule has 160 valence electrons. The number of aryl methyl sites for hydroxylation is 1. The Morgan fingerprint density at radius 1 is 1.13 bits per heavy atom. The number of carbonyl (C=O) groups is 1. The van der Waals surface area contributed by atoms with Crippen LogP contribution in [-0.4, -0.2) is 51.5 Å². The number of anilines is 1. The first-order chi connectivity index (χ1) is 14.4. The molecule has 0 saturated carbocycles. The second-order valence-electron chi connectivity index (χ2n) is 7.25. The highest BCUT2D eigenvalue weighted by Gasteiger charge is 2.40. The lowest BCUT2D eigenvalue weighted by Gasteiger charge is -2.25. The van der Waals surface area contributed by atoms with E-state index in [2.05, 4.69) is 5.32 Å². The quantitative estimate of drug-likeness (QED) is 0.781. The minimum atomic E-state index is -3.85. The molecule has 0 unspecified atom stereocenters. The van der Waals surface area contributed by atoms with Gasteiger partial charge in [0.05, 0.1) is 12.0 Å². The molecule has 2 aliphatic rings. The van der Waals surface area contributed by atoms with Crippen LogP contribution in [0.4, 0.5) is 5.69 Å². The number of methoxy groups -OCH3 is 1. The number of fused-ring (bicyclic) bond motifs is 1. The molecule has 0 aromatic heterocycles. The van der Waals surface area contributed by atoms with Gasteiger partial charge in [-0.05, 0) is 43.5 Å². The summed E-state index contributed by atoms with van der Waals surface area (Å²) in [5.41, 5.74) is 1.14. The Balaban J connectivity index is 1.56. The smallest absolute Gasteiger partial charge is 0.244 e. The summed E-state index contributed by atoms with van der Waals surface area (Å²) in [4.78, 5) is 13.1. The summed E-state index contributed by atoms with van der Waals surface area (Å²) >= 11 is 0. The minimum Gasteiger partial charge on any atom is -0.497 e. The Labute approximate surface area is 175 Å². The number of benzene rings is 2. The minimum absolute atomic E-state index is 0.154. The average molecular weight is 432 g/mol. The van der Waals surface area contributed by atoms with Crippen LogP contribution in [0, 0.1) is 6.92 Å². The fraction of sp³-hybridized carbons (Fsp3) is 0.381. The largest absolute Gasteiger partial charge is 0.497 e. The van der Waals surface area contributed by atoms with Crippen molar-refractivity contribution in [2.45, 2.75) is 30.7 Å². The number of ether oxygens (including phenoxy) is 3. The number of hydrogen-bond acceptors (Lipinski definition) is 6. The van der Waals surface area contributed by atoms with Crippen molar-refractivity contribution >= 4 is 21.6 Å². The molecule has 1 N–H and O–H groups in total. The topological polar surface area (TPSA) is 94.2 Å². The summed E-state index contributed by atoms with van der Waals surface area (Å²) in [7, 11) is -2.37. The number of hydrogen-bond donors (Lipinski definition) is 1. The molecule has 0 bridgehead atoms. The van der Waals surface area contributed by atoms with Crippen LogP contribution in [-0.2, 0) is 14.8 Å². The Bertz CT molecular complexity index is 1070. The second-order valence-corrected chi connectivity index (χ2v) is 9.11. The average Bonchev–Trinajstić information content (AvgIpc) is 3.25. The van der Waals surface area contributed by atoms with Gasteiger partial charge in [-0.25, -0.2) is 8.42 Å². The normalized spacial score (nSPS) is 18.8. The summed E-state index contributed by atoms with van der Waals surface area (Å²) in [6, 6.07) is 9.26. The van der Waals surface area contributed by atoms with Crippen molar-refractivity contribution < 1.29 is 27.4 Å². The van der Waals surface area contributed by atoms with Gasteiger partial charge in [0.25, 0.3) is 0 Å². The van der Waals surface area contributed by atoms with Crippen LogP contribution < -0.4 is 19.5 Å². The molecule has 2 aromatic rings. The van der Waals surface area contributed by atoms with E-state index >= 15 is 0 Å². The van der Waals surface area contributed by atoms with Crippen molar-refractivity contribution in [1.29, 1.82) is 0 Å². The SMILES string of the molecule is COc1ccc(C)c(S(=O)(=O)N2CCC[C@H]2C(=O)Nc2ccc3c(c2)OCCO3)c1. The maximum atomic E-state index is 13.3. The van der Waals surface area contributed by atoms with Crippen molar-refractivity contribution in [3.05, 3.63) is 42.0 Å². The second kappa shape index (κ2) is 8.16. The number of rotatable bonds is 5. The molecule has 1 amide bonds. The molecule has 30 heavy (non-hydrogen) atoms. The summed E-state index contributed by atoms with van der Waals surface area (Å²) < 4.78 is 44.2. The molecule has 8 nitrogen and oxygen atoms in total. The first-order valence-electron chi connectivity index (χ1n) is 9.77. The predicted molar refractivity (Wildman–Crippen MR) is 111 cm³/mol. The molecule has 1 atom stereocenters. The van der Waals surface area contributed by atoms with Gasteiger partial charge in [-0.3, -0.25) is 4.79 Å². The van der Waals surface area contributed by atoms with Crippen LogP contribution in [0.2, 0.25) is 0 Å². The van der Waals surface area contributed by atoms with E-state index in [1.807, 2.05) is 0 Å². The van der Waals surface area contributed by atoms with E-state index in [9.17, 15) is 13.2 Å². The van der Waals surface area contributed by atoms with Crippen molar-refractivity contribution in [3.63, 3.8) is 0 Å². The van der Waals surface area contributed by atoms with Gasteiger partial charge in [0.2, 0.25) is 15.9 Å². The number of nitrogens with zero attached hydrogens (tertiary/aromatic N) is 1. The first-order valence-corrected chi connectivity index (χ1v) is 11.2. The zero-order valence-electron chi connectivity index (χ0n) is 16.9. The molecular formula is C21H24N2O6S. The molecule has 4 rings (SSSR count). The zero-order valence-corrected chi connectivity index (χ0v) is 17.7. The molecule has 2 aromatic carbocycles. The Morgan fingerprint density at radius 3 is 2.67 bits per heavy atom. The van der Waals surface area contributed by atoms with Crippen molar-refractivity contribution in [2.75, 3.05) is 32.2 Å². The lowest BCUT2D eigenvalue weighted by Crippen LogP contribution is -2.43. The van der Waals surface area contributed by atoms with Gasteiger partial charge in [0, 0.05) is 24.4 Å². The molecule has 0 spiro atoms. The number of sulfonamides is 1. The standard InChI is InChI=1S/C21H24N2O6S/c1-14-5-7-16(27-2)13-20(14)30(25,26)23-9-3-4-17(23)21(24)22-15-6-8-18-19(12-15)29-11-10-28-18/h5-8,12-13,17H,3-4,9-11H2,1-2H3,(H,22,24)/t17-/m0/s1. The van der Waals surface area contributed by atoms with Gasteiger partial charge >= 0.3 is 0 Å². The van der Waals surface area contributed by atoms with E-state index in [4.69, 9.17) is 14.2 Å². The van der Waals surface area contributed by atoms with Crippen molar-refractivity contribution in [3.8, 4) is 17.2 Å². The van der Waals surface area contributed by atoms with Gasteiger partial charge in [-0.15, -0.1) is 0 Å². The Hall–Kier alpha value is -2.78. The summed E-state index contributed by atoms with van der Waals surface area (Å²) in [6.07, 6.45) is 1.07. The maximum absolute atomic E-state index is 13.3. The molecule has 2 heterocycles. The fourth-order valence-electron chi connectivity index (χ4n) is 3.75. The van der Waals surface area contributed by atoms with Crippen LogP contribution in [0.15, 0.2) is 41.3 Å². The number of nitrogens with one attached hydrogen (secondary N) is 1. The summed E-state index contributed by atoms with van der Waals surface area (Å²) in [6.45, 7) is 2.95. The van der Waals surface area contributed by atoms with E-state index in [0.717, 1.165) is 0 Å². The van der Waals surface area contributed by atoms with Crippen molar-refractivity contribution in [2.24, 2.45) is 0 Å². The summed E-state index contributed by atoms with van der Waals surface area (Å²) in [5.74, 6) is 1.27. The van der Waals surface area contributed by atoms with Crippen LogP contribution in [0.1, 0.15) is 18.4 Å². The summed E-state index contributed by atoms with van der Waals surface area (Å²) in [5, 5.41) is 2.82. The zero-order chi connectivity index (χ0) is 21.3. The first kappa shape index (κ1) is 20.5. The third-order valence-electron chi connectivity index (χ3n) is 5.30. The van der Waals surface area contributed by atoms with Gasteiger partial charge in [-0.1, -0.05) is 6.07 Å². The van der Waals surface area contributed by atoms with Gasteiger partial charge in [-0.2, -0.15) is 4.31 Å². The van der Waals surface area contributed by atoms with Gasteiger partial charge in [0.15, 0.2) is 11.5 Å². The lowest BCUT2D eigenvalue weighted by molar-refractivity contribution is -0.119. The molecule has 1 saturated heterocycles. The number of amides is 1. The van der Waals surface area contributed by atoms with Gasteiger partial charge in [0.1, 0.15) is 25.0 Å². The van der Waals surface area contributed by atoms with E-state index in [-0.39, 0.29) is 17.3 Å². The third-order valence-corrected chi connectivity index (χ3v) is 7.35. The fourth-order valence-corrected chi connectivity index (χ4v) is 5.65. The Kier molecular flexibility index (Phi) is 5.57. The lowest BCUT2D eigenvalue weighted by atomic mass is 10.2. The van der Waals surface area contributed by atoms with E-state index in [1.165, 1.54) is 17.5 Å². The monoisotopic (exact) mass is 432 g/mol. The van der Waals surface area contributed by atoms with Crippen LogP contribution >= 0.6 is 0 Å². The Morgan fingerprint density at radius 2 is 1.90 bits per heavy atom. The number of carbonyl (C=O) groups excluding carboxylic acids is 1. The molecule has 0 radical (unpaired) electrons. The van der Waals surface area contributed by atoms with E-state index < -0.39 is 16.1 Å². The highest BCUT2D eigenvalue weighted by atomic mass is 32.2. The maximum Gasteiger partial charge on any atom is 0.244 e. The highest BCUT2D eigenvalue weighted by molar-refractivity contribution is 7.89. The highest BCUT2D eigenvalue weighted by Crippen LogP contribution is 2.34.